The van der Waals surface area contributed by atoms with Gasteiger partial charge in [0, 0.05) is 25.3 Å². The average molecular weight is 341 g/mol. The van der Waals surface area contributed by atoms with Gasteiger partial charge in [-0.05, 0) is 35.4 Å². The molecule has 26 heavy (non-hydrogen) atoms. The van der Waals surface area contributed by atoms with Crippen LogP contribution in [0.3, 0.4) is 0 Å². The molecule has 2 rings (SSSR count). The van der Waals surface area contributed by atoms with Crippen molar-refractivity contribution in [2.24, 2.45) is 0 Å². The number of anilines is 1. The highest BCUT2D eigenvalue weighted by atomic mass is 16.2. The third-order valence-corrected chi connectivity index (χ3v) is 3.61. The maximum absolute atomic E-state index is 11.9. The van der Waals surface area contributed by atoms with Crippen LogP contribution in [0.15, 0.2) is 59.8 Å². The Morgan fingerprint density at radius 1 is 0.846 bits per heavy atom. The van der Waals surface area contributed by atoms with Gasteiger partial charge in [-0.15, -0.1) is 0 Å². The van der Waals surface area contributed by atoms with E-state index < -0.39 is 0 Å². The molecule has 0 aliphatic rings. The Balaban J connectivity index is 2.22. The van der Waals surface area contributed by atoms with Gasteiger partial charge in [-0.3, -0.25) is 4.79 Å². The predicted octanol–water partition coefficient (Wildman–Crippen LogP) is 3.29. The number of nitrogens with one attached hydrogen (secondary N) is 1. The Kier molecular flexibility index (Phi) is 5.72. The van der Waals surface area contributed by atoms with E-state index in [-0.39, 0.29) is 17.2 Å². The van der Waals surface area contributed by atoms with Crippen molar-refractivity contribution in [2.75, 3.05) is 19.4 Å². The Labute approximate surface area is 151 Å². The minimum atomic E-state index is -0.266. The van der Waals surface area contributed by atoms with E-state index in [0.717, 1.165) is 11.1 Å². The lowest BCUT2D eigenvalue weighted by molar-refractivity contribution is 0.0827. The molecule has 0 heterocycles. The van der Waals surface area contributed by atoms with Crippen molar-refractivity contribution in [1.82, 2.24) is 4.90 Å². The van der Waals surface area contributed by atoms with Gasteiger partial charge in [-0.25, -0.2) is 0 Å². The first kappa shape index (κ1) is 18.3. The van der Waals surface area contributed by atoms with E-state index in [4.69, 9.17) is 15.8 Å². The van der Waals surface area contributed by atoms with Gasteiger partial charge in [0.05, 0.1) is 0 Å². The summed E-state index contributed by atoms with van der Waals surface area (Å²) in [4.78, 5) is 13.4. The van der Waals surface area contributed by atoms with Crippen LogP contribution in [0.5, 0.6) is 0 Å². The Morgan fingerprint density at radius 2 is 1.35 bits per heavy atom. The van der Waals surface area contributed by atoms with Crippen molar-refractivity contribution >= 4 is 11.6 Å². The standard InChI is InChI=1S/C20H15N5O/c1-25(2)20(26)16-5-3-14(4-6-16)15-7-9-18(10-8-15)24-19(13-23)17(11-21)12-22/h3-10,24H,1-2H3. The lowest BCUT2D eigenvalue weighted by atomic mass is 10.0. The number of benzene rings is 2. The zero-order chi connectivity index (χ0) is 19.1. The first-order chi connectivity index (χ1) is 12.5. The van der Waals surface area contributed by atoms with Crippen molar-refractivity contribution in [3.63, 3.8) is 0 Å². The van der Waals surface area contributed by atoms with Gasteiger partial charge in [-0.2, -0.15) is 15.8 Å². The quantitative estimate of drug-likeness (QED) is 0.859. The molecule has 2 aromatic carbocycles. The van der Waals surface area contributed by atoms with Crippen LogP contribution >= 0.6 is 0 Å². The number of rotatable bonds is 4. The summed E-state index contributed by atoms with van der Waals surface area (Å²) in [5.74, 6) is -0.0577. The van der Waals surface area contributed by atoms with Gasteiger partial charge in [0.25, 0.3) is 5.91 Å². The second-order valence-electron chi connectivity index (χ2n) is 5.56. The van der Waals surface area contributed by atoms with E-state index >= 15 is 0 Å². The highest BCUT2D eigenvalue weighted by Gasteiger charge is 2.09. The van der Waals surface area contributed by atoms with Crippen LogP contribution in [0.25, 0.3) is 11.1 Å². The molecule has 0 bridgehead atoms. The predicted molar refractivity (Wildman–Crippen MR) is 97.4 cm³/mol. The maximum atomic E-state index is 11.9. The van der Waals surface area contributed by atoms with Crippen molar-refractivity contribution < 1.29 is 4.79 Å². The van der Waals surface area contributed by atoms with E-state index in [1.54, 1.807) is 50.5 Å². The fourth-order valence-electron chi connectivity index (χ4n) is 2.24. The zero-order valence-electron chi connectivity index (χ0n) is 14.3. The highest BCUT2D eigenvalue weighted by Crippen LogP contribution is 2.23. The van der Waals surface area contributed by atoms with Gasteiger partial charge < -0.3 is 10.2 Å². The van der Waals surface area contributed by atoms with E-state index in [2.05, 4.69) is 5.32 Å². The normalized spacial score (nSPS) is 9.19. The second kappa shape index (κ2) is 8.15. The van der Waals surface area contributed by atoms with Crippen LogP contribution in [0.4, 0.5) is 5.69 Å². The molecule has 0 saturated heterocycles. The number of nitriles is 3. The molecule has 2 aromatic rings. The van der Waals surface area contributed by atoms with E-state index in [1.165, 1.54) is 4.90 Å². The van der Waals surface area contributed by atoms with Crippen molar-refractivity contribution in [1.29, 1.82) is 15.8 Å². The molecule has 0 aliphatic carbocycles. The Bertz CT molecular complexity index is 949. The molecule has 1 amide bonds. The summed E-state index contributed by atoms with van der Waals surface area (Å²) in [6.45, 7) is 0. The molecular formula is C20H15N5O. The second-order valence-corrected chi connectivity index (χ2v) is 5.56. The van der Waals surface area contributed by atoms with Crippen LogP contribution in [-0.4, -0.2) is 24.9 Å². The molecule has 0 aromatic heterocycles. The minimum Gasteiger partial charge on any atom is -0.345 e. The molecule has 0 atom stereocenters. The molecule has 0 aliphatic heterocycles. The van der Waals surface area contributed by atoms with Crippen molar-refractivity contribution in [2.45, 2.75) is 0 Å². The van der Waals surface area contributed by atoms with Crippen LogP contribution in [0.1, 0.15) is 10.4 Å². The lowest BCUT2D eigenvalue weighted by Gasteiger charge is -2.11. The van der Waals surface area contributed by atoms with E-state index in [1.807, 2.05) is 30.3 Å². The molecule has 0 unspecified atom stereocenters. The number of carbonyl (C=O) groups excluding carboxylic acids is 1. The van der Waals surface area contributed by atoms with Gasteiger partial charge in [0.2, 0.25) is 0 Å². The number of hydrogen-bond acceptors (Lipinski definition) is 5. The number of allylic oxidation sites excluding steroid dienone is 2. The molecule has 0 radical (unpaired) electrons. The molecular weight excluding hydrogens is 326 g/mol. The topological polar surface area (TPSA) is 104 Å². The molecule has 6 heteroatoms. The highest BCUT2D eigenvalue weighted by molar-refractivity contribution is 5.94. The molecule has 0 saturated carbocycles. The minimum absolute atomic E-state index is 0.0577. The number of nitrogens with zero attached hydrogens (tertiary/aromatic N) is 4. The van der Waals surface area contributed by atoms with Gasteiger partial charge in [-0.1, -0.05) is 24.3 Å². The van der Waals surface area contributed by atoms with Gasteiger partial charge in [0.1, 0.15) is 23.9 Å². The van der Waals surface area contributed by atoms with Gasteiger partial charge >= 0.3 is 0 Å². The third-order valence-electron chi connectivity index (χ3n) is 3.61. The summed E-state index contributed by atoms with van der Waals surface area (Å²) in [6.07, 6.45) is 0. The molecule has 126 valence electrons. The first-order valence-corrected chi connectivity index (χ1v) is 7.64. The smallest absolute Gasteiger partial charge is 0.253 e. The van der Waals surface area contributed by atoms with Crippen LogP contribution in [0, 0.1) is 34.0 Å². The number of carbonyl (C=O) groups is 1. The SMILES string of the molecule is CN(C)C(=O)c1ccc(-c2ccc(NC(C#N)=C(C#N)C#N)cc2)cc1. The van der Waals surface area contributed by atoms with Crippen LogP contribution in [-0.2, 0) is 0 Å². The fourth-order valence-corrected chi connectivity index (χ4v) is 2.24. The Morgan fingerprint density at radius 3 is 1.77 bits per heavy atom. The molecule has 0 spiro atoms. The molecule has 6 nitrogen and oxygen atoms in total. The largest absolute Gasteiger partial charge is 0.345 e. The summed E-state index contributed by atoms with van der Waals surface area (Å²) in [7, 11) is 3.41. The average Bonchev–Trinajstić information content (AvgIpc) is 2.68. The van der Waals surface area contributed by atoms with Crippen LogP contribution < -0.4 is 5.32 Å². The first-order valence-electron chi connectivity index (χ1n) is 7.64. The van der Waals surface area contributed by atoms with Crippen molar-refractivity contribution in [3.05, 3.63) is 65.4 Å². The zero-order valence-corrected chi connectivity index (χ0v) is 14.3. The summed E-state index contributed by atoms with van der Waals surface area (Å²) in [5, 5.41) is 29.5. The summed E-state index contributed by atoms with van der Waals surface area (Å²) >= 11 is 0. The Hall–Kier alpha value is -4.08. The number of amides is 1. The number of hydrogen-bond donors (Lipinski definition) is 1. The van der Waals surface area contributed by atoms with Gasteiger partial charge in [0.15, 0.2) is 5.57 Å². The summed E-state index contributed by atoms with van der Waals surface area (Å²) in [5.41, 5.74) is 2.72. The summed E-state index contributed by atoms with van der Waals surface area (Å²) < 4.78 is 0. The van der Waals surface area contributed by atoms with E-state index in [9.17, 15) is 4.79 Å². The van der Waals surface area contributed by atoms with Crippen molar-refractivity contribution in [3.8, 4) is 29.3 Å². The van der Waals surface area contributed by atoms with E-state index in [0.29, 0.717) is 11.3 Å². The molecule has 1 N–H and O–H groups in total. The maximum Gasteiger partial charge on any atom is 0.253 e. The molecule has 0 fully saturated rings. The van der Waals surface area contributed by atoms with Crippen LogP contribution in [0.2, 0.25) is 0 Å². The monoisotopic (exact) mass is 341 g/mol. The lowest BCUT2D eigenvalue weighted by Crippen LogP contribution is -2.21. The fraction of sp³-hybridized carbons (Fsp3) is 0.100. The third kappa shape index (κ3) is 4.06. The summed E-state index contributed by atoms with van der Waals surface area (Å²) in [6, 6.07) is 19.6.